The lowest BCUT2D eigenvalue weighted by atomic mass is 9.88. The number of rotatable bonds is 5. The first-order valence-electron chi connectivity index (χ1n) is 10.7. The topological polar surface area (TPSA) is 73.3 Å². The molecule has 0 aliphatic heterocycles. The Bertz CT molecular complexity index is 874. The summed E-state index contributed by atoms with van der Waals surface area (Å²) in [6.07, 6.45) is 7.06. The molecule has 5 atom stereocenters. The lowest BCUT2D eigenvalue weighted by molar-refractivity contribution is -0.0502. The number of carbonyl (C=O) groups is 1. The van der Waals surface area contributed by atoms with Gasteiger partial charge in [-0.15, -0.1) is 6.42 Å². The molecule has 1 aromatic heterocycles. The summed E-state index contributed by atoms with van der Waals surface area (Å²) in [6, 6.07) is -0.0964. The zero-order valence-electron chi connectivity index (χ0n) is 18.9. The number of aromatic nitrogens is 2. The van der Waals surface area contributed by atoms with E-state index >= 15 is 0 Å². The molecular weight excluding hydrogens is 402 g/mol. The molecular formula is C23H32ClN3O3. The molecule has 7 heteroatoms. The summed E-state index contributed by atoms with van der Waals surface area (Å²) in [5.74, 6) is 4.68. The van der Waals surface area contributed by atoms with Gasteiger partial charge in [0.2, 0.25) is 0 Å². The maximum atomic E-state index is 12.6. The van der Waals surface area contributed by atoms with Crippen molar-refractivity contribution in [3.05, 3.63) is 16.5 Å². The summed E-state index contributed by atoms with van der Waals surface area (Å²) in [5.41, 5.74) is -0.821. The van der Waals surface area contributed by atoms with E-state index in [-0.39, 0.29) is 28.9 Å². The molecule has 6 nitrogen and oxygen atoms in total. The summed E-state index contributed by atoms with van der Waals surface area (Å²) < 4.78 is 11.5. The van der Waals surface area contributed by atoms with Crippen LogP contribution in [0.3, 0.4) is 0 Å². The molecule has 164 valence electrons. The van der Waals surface area contributed by atoms with E-state index in [1.54, 1.807) is 0 Å². The van der Waals surface area contributed by atoms with E-state index in [1.165, 1.54) is 0 Å². The second kappa shape index (κ2) is 7.92. The standard InChI is InChI=1S/C23H32ClN3O3/c1-9-14-11-16-17(23(16,13(14)5)30-21(28)29-22(6,7)8)25-20-15(10-2)18(24)26-19(27-20)12(3)4/h2,12-14,16-17H,9,11H2,1,3-8H3,(H,25,26,27). The van der Waals surface area contributed by atoms with Gasteiger partial charge in [-0.2, -0.15) is 0 Å². The van der Waals surface area contributed by atoms with Crippen LogP contribution in [0.2, 0.25) is 5.15 Å². The minimum Gasteiger partial charge on any atom is -0.429 e. The molecule has 1 N–H and O–H groups in total. The first-order valence-corrected chi connectivity index (χ1v) is 11.0. The lowest BCUT2D eigenvalue weighted by Crippen LogP contribution is -2.37. The smallest absolute Gasteiger partial charge is 0.429 e. The molecule has 1 aromatic rings. The number of hydrogen-bond acceptors (Lipinski definition) is 6. The molecule has 0 aromatic carbocycles. The number of halogens is 1. The molecule has 2 fully saturated rings. The predicted molar refractivity (Wildman–Crippen MR) is 118 cm³/mol. The summed E-state index contributed by atoms with van der Waals surface area (Å²) in [7, 11) is 0. The van der Waals surface area contributed by atoms with Crippen LogP contribution in [-0.4, -0.2) is 33.4 Å². The largest absolute Gasteiger partial charge is 0.509 e. The van der Waals surface area contributed by atoms with E-state index in [0.717, 1.165) is 12.8 Å². The molecule has 3 rings (SSSR count). The SMILES string of the molecule is C#Cc1c(Cl)nc(C(C)C)nc1NC1C2CC(CC)C(C)C21OC(=O)OC(C)(C)C. The molecule has 2 saturated carbocycles. The van der Waals surface area contributed by atoms with Crippen LogP contribution in [0.1, 0.15) is 78.6 Å². The monoisotopic (exact) mass is 433 g/mol. The molecule has 0 amide bonds. The third kappa shape index (κ3) is 3.97. The third-order valence-electron chi connectivity index (χ3n) is 6.34. The Labute approximate surface area is 184 Å². The van der Waals surface area contributed by atoms with Crippen LogP contribution >= 0.6 is 11.6 Å². The van der Waals surface area contributed by atoms with Gasteiger partial charge in [-0.3, -0.25) is 0 Å². The highest BCUT2D eigenvalue weighted by atomic mass is 35.5. The normalized spacial score (nSPS) is 29.9. The van der Waals surface area contributed by atoms with E-state index in [9.17, 15) is 4.79 Å². The van der Waals surface area contributed by atoms with Crippen LogP contribution in [0.5, 0.6) is 0 Å². The molecule has 0 spiro atoms. The van der Waals surface area contributed by atoms with E-state index in [2.05, 4.69) is 35.1 Å². The van der Waals surface area contributed by atoms with Crippen LogP contribution in [0, 0.1) is 30.1 Å². The van der Waals surface area contributed by atoms with Gasteiger partial charge in [0.15, 0.2) is 5.15 Å². The van der Waals surface area contributed by atoms with Crippen LogP contribution in [0.15, 0.2) is 0 Å². The van der Waals surface area contributed by atoms with Crippen molar-refractivity contribution in [3.63, 3.8) is 0 Å². The van der Waals surface area contributed by atoms with Gasteiger partial charge in [0.1, 0.15) is 28.4 Å². The molecule has 0 radical (unpaired) electrons. The van der Waals surface area contributed by atoms with Gasteiger partial charge < -0.3 is 14.8 Å². The average Bonchev–Trinajstić information content (AvgIpc) is 3.10. The highest BCUT2D eigenvalue weighted by Crippen LogP contribution is 2.65. The Balaban J connectivity index is 1.90. The zero-order valence-corrected chi connectivity index (χ0v) is 19.6. The number of carbonyl (C=O) groups excluding carboxylic acids is 1. The van der Waals surface area contributed by atoms with Gasteiger partial charge in [0.25, 0.3) is 0 Å². The molecule has 2 aliphatic carbocycles. The number of nitrogens with one attached hydrogen (secondary N) is 1. The fraction of sp³-hybridized carbons (Fsp3) is 0.696. The average molecular weight is 434 g/mol. The summed E-state index contributed by atoms with van der Waals surface area (Å²) >= 11 is 6.33. The number of anilines is 1. The van der Waals surface area contributed by atoms with Crippen molar-refractivity contribution in [1.29, 1.82) is 0 Å². The van der Waals surface area contributed by atoms with E-state index in [0.29, 0.717) is 23.1 Å². The minimum atomic E-state index is -0.638. The fourth-order valence-corrected chi connectivity index (χ4v) is 4.99. The van der Waals surface area contributed by atoms with Gasteiger partial charge in [-0.05, 0) is 33.1 Å². The fourth-order valence-electron chi connectivity index (χ4n) is 4.76. The first kappa shape index (κ1) is 22.7. The van der Waals surface area contributed by atoms with Gasteiger partial charge in [0.05, 0.1) is 6.04 Å². The number of nitrogens with zero attached hydrogens (tertiary/aromatic N) is 2. The minimum absolute atomic E-state index is 0.0964. The predicted octanol–water partition coefficient (Wildman–Crippen LogP) is 5.40. The zero-order chi connectivity index (χ0) is 22.4. The summed E-state index contributed by atoms with van der Waals surface area (Å²) in [6.45, 7) is 13.8. The highest BCUT2D eigenvalue weighted by molar-refractivity contribution is 6.30. The van der Waals surface area contributed by atoms with Crippen molar-refractivity contribution in [1.82, 2.24) is 9.97 Å². The summed E-state index contributed by atoms with van der Waals surface area (Å²) in [5, 5.41) is 3.70. The van der Waals surface area contributed by atoms with Gasteiger partial charge in [-0.1, -0.05) is 51.6 Å². The van der Waals surface area contributed by atoms with E-state index in [1.807, 2.05) is 34.6 Å². The number of hydrogen-bond donors (Lipinski definition) is 1. The first-order chi connectivity index (χ1) is 13.9. The Hall–Kier alpha value is -2.00. The molecule has 1 heterocycles. The third-order valence-corrected chi connectivity index (χ3v) is 6.62. The van der Waals surface area contributed by atoms with Crippen LogP contribution in [0.25, 0.3) is 0 Å². The summed E-state index contributed by atoms with van der Waals surface area (Å²) in [4.78, 5) is 21.5. The van der Waals surface area contributed by atoms with E-state index < -0.39 is 17.4 Å². The Morgan fingerprint density at radius 1 is 1.40 bits per heavy atom. The Kier molecular flexibility index (Phi) is 5.99. The maximum Gasteiger partial charge on any atom is 0.509 e. The van der Waals surface area contributed by atoms with Crippen molar-refractivity contribution in [3.8, 4) is 12.3 Å². The number of ether oxygens (including phenoxy) is 2. The van der Waals surface area contributed by atoms with Crippen molar-refractivity contribution in [2.24, 2.45) is 17.8 Å². The van der Waals surface area contributed by atoms with E-state index in [4.69, 9.17) is 27.5 Å². The van der Waals surface area contributed by atoms with Crippen molar-refractivity contribution in [2.75, 3.05) is 5.32 Å². The van der Waals surface area contributed by atoms with Crippen molar-refractivity contribution < 1.29 is 14.3 Å². The van der Waals surface area contributed by atoms with Crippen LogP contribution < -0.4 is 5.32 Å². The number of fused-ring (bicyclic) bond motifs is 1. The molecule has 2 aliphatic rings. The van der Waals surface area contributed by atoms with Crippen molar-refractivity contribution >= 4 is 23.6 Å². The maximum absolute atomic E-state index is 12.6. The van der Waals surface area contributed by atoms with Gasteiger partial charge in [0, 0.05) is 17.8 Å². The van der Waals surface area contributed by atoms with Gasteiger partial charge in [-0.25, -0.2) is 14.8 Å². The van der Waals surface area contributed by atoms with Gasteiger partial charge >= 0.3 is 6.16 Å². The Morgan fingerprint density at radius 2 is 2.07 bits per heavy atom. The lowest BCUT2D eigenvalue weighted by Gasteiger charge is -2.29. The molecule has 0 bridgehead atoms. The Morgan fingerprint density at radius 3 is 2.60 bits per heavy atom. The molecule has 30 heavy (non-hydrogen) atoms. The molecule has 0 saturated heterocycles. The molecule has 5 unspecified atom stereocenters. The second-order valence-corrected chi connectivity index (χ2v) is 10.1. The van der Waals surface area contributed by atoms with Crippen molar-refractivity contribution in [2.45, 2.75) is 84.5 Å². The quantitative estimate of drug-likeness (QED) is 0.380. The van der Waals surface area contributed by atoms with Crippen LogP contribution in [-0.2, 0) is 9.47 Å². The highest BCUT2D eigenvalue weighted by Gasteiger charge is 2.76. The second-order valence-electron chi connectivity index (χ2n) is 9.74. The van der Waals surface area contributed by atoms with Crippen LogP contribution in [0.4, 0.5) is 10.6 Å². The number of terminal acetylenes is 1.